The van der Waals surface area contributed by atoms with Gasteiger partial charge in [0.2, 0.25) is 0 Å². The van der Waals surface area contributed by atoms with Crippen molar-refractivity contribution in [2.75, 3.05) is 13.2 Å². The second-order valence-electron chi connectivity index (χ2n) is 7.81. The van der Waals surface area contributed by atoms with Crippen LogP contribution in [-0.2, 0) is 11.3 Å². The second-order valence-corrected chi connectivity index (χ2v) is 8.25. The Morgan fingerprint density at radius 1 is 1.10 bits per heavy atom. The summed E-state index contributed by atoms with van der Waals surface area (Å²) in [6, 6.07) is 15.1. The molecule has 0 saturated carbocycles. The van der Waals surface area contributed by atoms with Crippen molar-refractivity contribution in [3.05, 3.63) is 75.7 Å². The highest BCUT2D eigenvalue weighted by molar-refractivity contribution is 6.30. The molecule has 1 amide bonds. The second kappa shape index (κ2) is 7.69. The molecule has 5 rings (SSSR count). The van der Waals surface area contributed by atoms with Gasteiger partial charge in [0.1, 0.15) is 18.5 Å². The van der Waals surface area contributed by atoms with Gasteiger partial charge in [-0.1, -0.05) is 29.8 Å². The van der Waals surface area contributed by atoms with Gasteiger partial charge in [-0.05, 0) is 41.3 Å². The maximum atomic E-state index is 13.1. The van der Waals surface area contributed by atoms with E-state index in [-0.39, 0.29) is 23.8 Å². The van der Waals surface area contributed by atoms with Crippen LogP contribution in [-0.4, -0.2) is 40.9 Å². The average molecular weight is 425 g/mol. The number of fused-ring (bicyclic) bond motifs is 2. The van der Waals surface area contributed by atoms with Gasteiger partial charge in [-0.2, -0.15) is 0 Å². The number of rotatable bonds is 4. The summed E-state index contributed by atoms with van der Waals surface area (Å²) in [5, 5.41) is 2.18. The fourth-order valence-corrected chi connectivity index (χ4v) is 4.33. The molecule has 2 saturated heterocycles. The van der Waals surface area contributed by atoms with Crippen LogP contribution in [0.3, 0.4) is 0 Å². The molecule has 0 radical (unpaired) electrons. The van der Waals surface area contributed by atoms with E-state index < -0.39 is 0 Å². The van der Waals surface area contributed by atoms with Crippen molar-refractivity contribution in [2.24, 2.45) is 0 Å². The number of ether oxygens (including phenoxy) is 2. The van der Waals surface area contributed by atoms with Crippen molar-refractivity contribution in [1.82, 2.24) is 9.47 Å². The fourth-order valence-electron chi connectivity index (χ4n) is 4.21. The summed E-state index contributed by atoms with van der Waals surface area (Å²) in [4.78, 5) is 26.5. The summed E-state index contributed by atoms with van der Waals surface area (Å²) in [7, 11) is 0. The highest BCUT2D eigenvalue weighted by atomic mass is 35.5. The molecule has 0 unspecified atom stereocenters. The van der Waals surface area contributed by atoms with Crippen LogP contribution < -0.4 is 10.3 Å². The molecule has 2 aromatic carbocycles. The van der Waals surface area contributed by atoms with Gasteiger partial charge < -0.3 is 18.9 Å². The van der Waals surface area contributed by atoms with Crippen LogP contribution in [0.1, 0.15) is 18.4 Å². The third-order valence-corrected chi connectivity index (χ3v) is 6.07. The van der Waals surface area contributed by atoms with E-state index in [1.54, 1.807) is 9.47 Å². The maximum Gasteiger partial charge on any atom is 0.410 e. The highest BCUT2D eigenvalue weighted by Gasteiger charge is 2.38. The molecule has 7 heteroatoms. The lowest BCUT2D eigenvalue weighted by Gasteiger charge is -2.32. The zero-order chi connectivity index (χ0) is 20.7. The molecule has 0 aliphatic carbocycles. The van der Waals surface area contributed by atoms with Gasteiger partial charge in [-0.3, -0.25) is 4.79 Å². The number of carbonyl (C=O) groups excluding carboxylic acids is 1. The Bertz CT molecular complexity index is 1160. The van der Waals surface area contributed by atoms with Gasteiger partial charge in [0.25, 0.3) is 5.56 Å². The van der Waals surface area contributed by atoms with E-state index in [1.807, 2.05) is 54.7 Å². The molecular formula is C23H21ClN2O4. The average Bonchev–Trinajstić information content (AvgIpc) is 3.12. The van der Waals surface area contributed by atoms with Gasteiger partial charge in [0.15, 0.2) is 0 Å². The topological polar surface area (TPSA) is 60.8 Å². The summed E-state index contributed by atoms with van der Waals surface area (Å²) < 4.78 is 13.0. The van der Waals surface area contributed by atoms with Gasteiger partial charge in [-0.15, -0.1) is 0 Å². The molecule has 2 fully saturated rings. The molecule has 30 heavy (non-hydrogen) atoms. The molecule has 0 spiro atoms. The van der Waals surface area contributed by atoms with Crippen LogP contribution >= 0.6 is 11.6 Å². The third-order valence-electron chi connectivity index (χ3n) is 5.82. The maximum absolute atomic E-state index is 13.1. The molecule has 2 aliphatic rings. The molecule has 3 heterocycles. The van der Waals surface area contributed by atoms with Crippen LogP contribution in [0.4, 0.5) is 4.79 Å². The summed E-state index contributed by atoms with van der Waals surface area (Å²) in [6.45, 7) is 1.53. The summed E-state index contributed by atoms with van der Waals surface area (Å²) in [6.07, 6.45) is 3.06. The van der Waals surface area contributed by atoms with E-state index in [0.29, 0.717) is 35.9 Å². The minimum absolute atomic E-state index is 0.00166. The SMILES string of the molecule is O=C1OC[C@@H]2C[C@@H](Oc3ccc4ccn(Cc5ccc(Cl)cc5)c(=O)c4c3)CCN12. The number of amides is 1. The third kappa shape index (κ3) is 3.63. The van der Waals surface area contributed by atoms with E-state index in [0.717, 1.165) is 23.8 Å². The lowest BCUT2D eigenvalue weighted by Crippen LogP contribution is -2.44. The van der Waals surface area contributed by atoms with Gasteiger partial charge in [0.05, 0.1) is 18.0 Å². The van der Waals surface area contributed by atoms with Crippen molar-refractivity contribution in [2.45, 2.75) is 31.5 Å². The summed E-state index contributed by atoms with van der Waals surface area (Å²) in [5.41, 5.74) is 0.950. The first-order chi connectivity index (χ1) is 14.6. The molecule has 2 aliphatic heterocycles. The summed E-state index contributed by atoms with van der Waals surface area (Å²) >= 11 is 5.95. The van der Waals surface area contributed by atoms with Crippen molar-refractivity contribution in [3.8, 4) is 5.75 Å². The van der Waals surface area contributed by atoms with Gasteiger partial charge in [0, 0.05) is 30.6 Å². The van der Waals surface area contributed by atoms with Crippen LogP contribution in [0, 0.1) is 0 Å². The minimum atomic E-state index is -0.231. The Kier molecular flexibility index (Phi) is 4.87. The van der Waals surface area contributed by atoms with E-state index >= 15 is 0 Å². The Balaban J connectivity index is 1.37. The molecule has 0 N–H and O–H groups in total. The van der Waals surface area contributed by atoms with E-state index in [2.05, 4.69) is 0 Å². The van der Waals surface area contributed by atoms with Crippen molar-refractivity contribution < 1.29 is 14.3 Å². The van der Waals surface area contributed by atoms with Crippen LogP contribution in [0.15, 0.2) is 59.5 Å². The van der Waals surface area contributed by atoms with Crippen LogP contribution in [0.25, 0.3) is 10.8 Å². The van der Waals surface area contributed by atoms with Crippen LogP contribution in [0.5, 0.6) is 5.75 Å². The van der Waals surface area contributed by atoms with Crippen molar-refractivity contribution in [3.63, 3.8) is 0 Å². The molecule has 1 aromatic heterocycles. The number of halogens is 1. The number of hydrogen-bond donors (Lipinski definition) is 0. The van der Waals surface area contributed by atoms with E-state index in [1.165, 1.54) is 0 Å². The molecule has 6 nitrogen and oxygen atoms in total. The zero-order valence-corrected chi connectivity index (χ0v) is 17.0. The normalized spacial score (nSPS) is 20.8. The first-order valence-electron chi connectivity index (χ1n) is 10.0. The monoisotopic (exact) mass is 424 g/mol. The first kappa shape index (κ1) is 19.0. The quantitative estimate of drug-likeness (QED) is 0.633. The van der Waals surface area contributed by atoms with E-state index in [9.17, 15) is 9.59 Å². The number of piperidine rings is 1. The molecular weight excluding hydrogens is 404 g/mol. The Hall–Kier alpha value is -2.99. The standard InChI is InChI=1S/C23H21ClN2O4/c24-17-4-1-15(2-5-17)13-25-9-7-16-3-6-19(12-21(16)22(25)27)30-20-8-10-26-18(11-20)14-29-23(26)28/h1-7,9,12,18,20H,8,10-11,13-14H2/t18-,20-/m0/s1. The molecule has 2 atom stereocenters. The van der Waals surface area contributed by atoms with Gasteiger partial charge in [-0.25, -0.2) is 4.79 Å². The Morgan fingerprint density at radius 3 is 2.77 bits per heavy atom. The summed E-state index contributed by atoms with van der Waals surface area (Å²) in [5.74, 6) is 0.674. The predicted molar refractivity (Wildman–Crippen MR) is 114 cm³/mol. The smallest absolute Gasteiger partial charge is 0.410 e. The number of cyclic esters (lactones) is 1. The van der Waals surface area contributed by atoms with E-state index in [4.69, 9.17) is 21.1 Å². The van der Waals surface area contributed by atoms with Crippen molar-refractivity contribution in [1.29, 1.82) is 0 Å². The van der Waals surface area contributed by atoms with Gasteiger partial charge >= 0.3 is 6.09 Å². The van der Waals surface area contributed by atoms with Crippen molar-refractivity contribution >= 4 is 28.5 Å². The number of pyridine rings is 1. The molecule has 3 aromatic rings. The number of benzene rings is 2. The largest absolute Gasteiger partial charge is 0.490 e. The lowest BCUT2D eigenvalue weighted by molar-refractivity contribution is 0.0937. The Morgan fingerprint density at radius 2 is 1.93 bits per heavy atom. The minimum Gasteiger partial charge on any atom is -0.490 e. The number of hydrogen-bond acceptors (Lipinski definition) is 4. The Labute approximate surface area is 178 Å². The number of nitrogens with zero attached hydrogens (tertiary/aromatic N) is 2. The lowest BCUT2D eigenvalue weighted by atomic mass is 10.0. The zero-order valence-electron chi connectivity index (χ0n) is 16.3. The van der Waals surface area contributed by atoms with Crippen LogP contribution in [0.2, 0.25) is 5.02 Å². The number of carbonyl (C=O) groups is 1. The predicted octanol–water partition coefficient (Wildman–Crippen LogP) is 4.07. The molecule has 154 valence electrons. The molecule has 0 bridgehead atoms. The first-order valence-corrected chi connectivity index (χ1v) is 10.4. The number of aromatic nitrogens is 1. The fraction of sp³-hybridized carbons (Fsp3) is 0.304. The highest BCUT2D eigenvalue weighted by Crippen LogP contribution is 2.28.